The summed E-state index contributed by atoms with van der Waals surface area (Å²) >= 11 is 0. The van der Waals surface area contributed by atoms with Crippen LogP contribution in [0.15, 0.2) is 48.5 Å². The molecule has 1 atom stereocenters. The summed E-state index contributed by atoms with van der Waals surface area (Å²) in [5.41, 5.74) is 1.74. The zero-order chi connectivity index (χ0) is 22.6. The molecule has 32 heavy (non-hydrogen) atoms. The lowest BCUT2D eigenvalue weighted by Gasteiger charge is -2.38. The Morgan fingerprint density at radius 1 is 1.09 bits per heavy atom. The zero-order valence-corrected chi connectivity index (χ0v) is 18.6. The highest BCUT2D eigenvalue weighted by molar-refractivity contribution is 6.00. The summed E-state index contributed by atoms with van der Waals surface area (Å²) in [5, 5.41) is 3.15. The minimum atomic E-state index is -0.374. The predicted octanol–water partition coefficient (Wildman–Crippen LogP) is 2.92. The second kappa shape index (κ2) is 9.61. The Hall–Kier alpha value is -3.06. The molecule has 0 bridgehead atoms. The standard InChI is InChI=1S/C25H30N2O5/c1-30-21-8-6-19(7-9-21)25(10-12-32-13-11-25)17-26-24(29)18-14-23(28)27(16-18)20-4-3-5-22(15-20)31-2/h3-9,15,18H,10-14,16-17H2,1-2H3,(H,26,29). The van der Waals surface area contributed by atoms with E-state index in [9.17, 15) is 9.59 Å². The van der Waals surface area contributed by atoms with Gasteiger partial charge in [-0.25, -0.2) is 0 Å². The van der Waals surface area contributed by atoms with Crippen molar-refractivity contribution in [1.29, 1.82) is 0 Å². The van der Waals surface area contributed by atoms with E-state index in [0.717, 1.165) is 24.3 Å². The van der Waals surface area contributed by atoms with E-state index in [1.807, 2.05) is 36.4 Å². The molecule has 2 heterocycles. The maximum absolute atomic E-state index is 13.0. The van der Waals surface area contributed by atoms with Crippen molar-refractivity contribution < 1.29 is 23.8 Å². The number of carbonyl (C=O) groups is 2. The molecule has 2 saturated heterocycles. The third kappa shape index (κ3) is 4.58. The Morgan fingerprint density at radius 2 is 1.81 bits per heavy atom. The number of nitrogens with zero attached hydrogens (tertiary/aromatic N) is 1. The molecule has 1 unspecified atom stereocenters. The van der Waals surface area contributed by atoms with Crippen molar-refractivity contribution in [1.82, 2.24) is 5.32 Å². The highest BCUT2D eigenvalue weighted by Gasteiger charge is 2.38. The number of rotatable bonds is 7. The molecule has 0 aliphatic carbocycles. The van der Waals surface area contributed by atoms with Gasteiger partial charge in [0.25, 0.3) is 0 Å². The third-order valence-electron chi connectivity index (χ3n) is 6.61. The number of hydrogen-bond acceptors (Lipinski definition) is 5. The first-order chi connectivity index (χ1) is 15.5. The lowest BCUT2D eigenvalue weighted by atomic mass is 9.74. The fourth-order valence-corrected chi connectivity index (χ4v) is 4.59. The Kier molecular flexibility index (Phi) is 6.65. The molecular weight excluding hydrogens is 408 g/mol. The first-order valence-corrected chi connectivity index (χ1v) is 11.0. The lowest BCUT2D eigenvalue weighted by molar-refractivity contribution is -0.126. The van der Waals surface area contributed by atoms with Crippen molar-refractivity contribution in [3.63, 3.8) is 0 Å². The van der Waals surface area contributed by atoms with Crippen molar-refractivity contribution >= 4 is 17.5 Å². The van der Waals surface area contributed by atoms with Gasteiger partial charge in [0.1, 0.15) is 11.5 Å². The number of hydrogen-bond donors (Lipinski definition) is 1. The molecule has 2 aromatic carbocycles. The van der Waals surface area contributed by atoms with Crippen LogP contribution in [0.5, 0.6) is 11.5 Å². The van der Waals surface area contributed by atoms with E-state index < -0.39 is 0 Å². The molecule has 2 aliphatic rings. The van der Waals surface area contributed by atoms with E-state index in [1.165, 1.54) is 5.56 Å². The van der Waals surface area contributed by atoms with Crippen LogP contribution in [0.4, 0.5) is 5.69 Å². The Balaban J connectivity index is 1.43. The number of benzene rings is 2. The molecule has 7 heteroatoms. The van der Waals surface area contributed by atoms with Crippen molar-refractivity contribution in [2.24, 2.45) is 5.92 Å². The van der Waals surface area contributed by atoms with Gasteiger partial charge in [0, 0.05) is 49.9 Å². The van der Waals surface area contributed by atoms with Crippen molar-refractivity contribution in [3.8, 4) is 11.5 Å². The van der Waals surface area contributed by atoms with Crippen LogP contribution >= 0.6 is 0 Å². The average molecular weight is 439 g/mol. The van der Waals surface area contributed by atoms with E-state index in [-0.39, 0.29) is 29.6 Å². The van der Waals surface area contributed by atoms with E-state index in [4.69, 9.17) is 14.2 Å². The van der Waals surface area contributed by atoms with Crippen LogP contribution in [0.3, 0.4) is 0 Å². The van der Waals surface area contributed by atoms with Crippen LogP contribution in [0.25, 0.3) is 0 Å². The highest BCUT2D eigenvalue weighted by Crippen LogP contribution is 2.35. The third-order valence-corrected chi connectivity index (χ3v) is 6.61. The van der Waals surface area contributed by atoms with Crippen LogP contribution in [0.1, 0.15) is 24.8 Å². The molecule has 2 amide bonds. The zero-order valence-electron chi connectivity index (χ0n) is 18.6. The number of anilines is 1. The minimum Gasteiger partial charge on any atom is -0.497 e. The topological polar surface area (TPSA) is 77.1 Å². The highest BCUT2D eigenvalue weighted by atomic mass is 16.5. The Bertz CT molecular complexity index is 953. The summed E-state index contributed by atoms with van der Waals surface area (Å²) in [7, 11) is 3.24. The monoisotopic (exact) mass is 438 g/mol. The van der Waals surface area contributed by atoms with E-state index in [0.29, 0.717) is 32.1 Å². The summed E-state index contributed by atoms with van der Waals surface area (Å²) in [5.74, 6) is 0.991. The molecular formula is C25H30N2O5. The van der Waals surface area contributed by atoms with Gasteiger partial charge in [-0.15, -0.1) is 0 Å². The lowest BCUT2D eigenvalue weighted by Crippen LogP contribution is -2.46. The Morgan fingerprint density at radius 3 is 2.50 bits per heavy atom. The molecule has 0 spiro atoms. The summed E-state index contributed by atoms with van der Waals surface area (Å²) in [6, 6.07) is 15.4. The van der Waals surface area contributed by atoms with Crippen LogP contribution in [0.2, 0.25) is 0 Å². The van der Waals surface area contributed by atoms with Crippen molar-refractivity contribution in [2.75, 3.05) is 45.4 Å². The summed E-state index contributed by atoms with van der Waals surface area (Å²) < 4.78 is 16.1. The van der Waals surface area contributed by atoms with Gasteiger partial charge in [0.2, 0.25) is 11.8 Å². The second-order valence-corrected chi connectivity index (χ2v) is 8.45. The summed E-state index contributed by atoms with van der Waals surface area (Å²) in [6.45, 7) is 2.21. The van der Waals surface area contributed by atoms with Gasteiger partial charge in [0.15, 0.2) is 0 Å². The van der Waals surface area contributed by atoms with E-state index in [2.05, 4.69) is 17.4 Å². The minimum absolute atomic E-state index is 0.0469. The maximum atomic E-state index is 13.0. The van der Waals surface area contributed by atoms with Crippen LogP contribution in [-0.2, 0) is 19.7 Å². The van der Waals surface area contributed by atoms with E-state index in [1.54, 1.807) is 19.1 Å². The number of nitrogens with one attached hydrogen (secondary N) is 1. The molecule has 170 valence electrons. The van der Waals surface area contributed by atoms with Gasteiger partial charge in [-0.3, -0.25) is 9.59 Å². The molecule has 2 aromatic rings. The first-order valence-electron chi connectivity index (χ1n) is 11.0. The van der Waals surface area contributed by atoms with Gasteiger partial charge in [-0.1, -0.05) is 18.2 Å². The summed E-state index contributed by atoms with van der Waals surface area (Å²) in [4.78, 5) is 27.3. The van der Waals surface area contributed by atoms with Gasteiger partial charge in [-0.05, 0) is 42.7 Å². The molecule has 2 fully saturated rings. The molecule has 2 aliphatic heterocycles. The molecule has 0 aromatic heterocycles. The van der Waals surface area contributed by atoms with Gasteiger partial charge < -0.3 is 24.4 Å². The smallest absolute Gasteiger partial charge is 0.227 e. The van der Waals surface area contributed by atoms with Crippen LogP contribution in [0, 0.1) is 5.92 Å². The van der Waals surface area contributed by atoms with Crippen molar-refractivity contribution in [2.45, 2.75) is 24.7 Å². The summed E-state index contributed by atoms with van der Waals surface area (Å²) in [6.07, 6.45) is 1.87. The molecule has 0 saturated carbocycles. The van der Waals surface area contributed by atoms with Crippen LogP contribution in [-0.4, -0.2) is 52.3 Å². The van der Waals surface area contributed by atoms with E-state index >= 15 is 0 Å². The largest absolute Gasteiger partial charge is 0.497 e. The van der Waals surface area contributed by atoms with Gasteiger partial charge in [-0.2, -0.15) is 0 Å². The molecule has 1 N–H and O–H groups in total. The quantitative estimate of drug-likeness (QED) is 0.719. The number of carbonyl (C=O) groups excluding carboxylic acids is 2. The number of ether oxygens (including phenoxy) is 3. The SMILES string of the molecule is COc1ccc(C2(CNC(=O)C3CC(=O)N(c4cccc(OC)c4)C3)CCOCC2)cc1. The number of amides is 2. The second-order valence-electron chi connectivity index (χ2n) is 8.45. The fourth-order valence-electron chi connectivity index (χ4n) is 4.59. The first kappa shape index (κ1) is 22.1. The van der Waals surface area contributed by atoms with Gasteiger partial charge in [0.05, 0.1) is 20.1 Å². The maximum Gasteiger partial charge on any atom is 0.227 e. The fraction of sp³-hybridized carbons (Fsp3) is 0.440. The molecule has 7 nitrogen and oxygen atoms in total. The normalized spacial score (nSPS) is 20.1. The average Bonchev–Trinajstić information content (AvgIpc) is 3.25. The van der Waals surface area contributed by atoms with Gasteiger partial charge >= 0.3 is 0 Å². The Labute approximate surface area is 188 Å². The number of methoxy groups -OCH3 is 2. The molecule has 0 radical (unpaired) electrons. The predicted molar refractivity (Wildman–Crippen MR) is 121 cm³/mol. The van der Waals surface area contributed by atoms with Crippen LogP contribution < -0.4 is 19.7 Å². The molecule has 4 rings (SSSR count). The van der Waals surface area contributed by atoms with Crippen molar-refractivity contribution in [3.05, 3.63) is 54.1 Å².